The molecule has 2 aromatic heterocycles. The molecule has 6 heteroatoms. The largest absolute Gasteiger partial charge is 0.459 e. The zero-order chi connectivity index (χ0) is 19.3. The second kappa shape index (κ2) is 8.44. The Morgan fingerprint density at radius 3 is 2.54 bits per heavy atom. The van der Waals surface area contributed by atoms with Gasteiger partial charge < -0.3 is 14.6 Å². The van der Waals surface area contributed by atoms with Crippen LogP contribution in [0, 0.1) is 5.92 Å². The summed E-state index contributed by atoms with van der Waals surface area (Å²) in [6.07, 6.45) is 4.58. The number of rotatable bonds is 5. The number of amides is 2. The first kappa shape index (κ1) is 18.5. The fraction of sp³-hybridized carbons (Fsp3) is 0.273. The van der Waals surface area contributed by atoms with Crippen molar-refractivity contribution in [2.24, 2.45) is 5.92 Å². The standard InChI is InChI=1S/C22H22N2O3S/c25-21(18-7-4-14-27-18)23-20-9-8-19(28-20)22(26)24-12-10-17(11-13-24)15-16-5-2-1-3-6-16/h1-9,14,17H,10-13,15H2,(H,23,25). The molecule has 1 aromatic carbocycles. The average Bonchev–Trinajstić information content (AvgIpc) is 3.41. The van der Waals surface area contributed by atoms with Gasteiger partial charge in [-0.05, 0) is 55.0 Å². The monoisotopic (exact) mass is 394 g/mol. The lowest BCUT2D eigenvalue weighted by Crippen LogP contribution is -2.38. The van der Waals surface area contributed by atoms with Crippen molar-refractivity contribution in [2.45, 2.75) is 19.3 Å². The Labute approximate surface area is 168 Å². The van der Waals surface area contributed by atoms with E-state index in [1.165, 1.54) is 23.2 Å². The maximum atomic E-state index is 12.8. The molecule has 1 aliphatic heterocycles. The number of furan rings is 1. The number of nitrogens with one attached hydrogen (secondary N) is 1. The fourth-order valence-electron chi connectivity index (χ4n) is 3.54. The van der Waals surface area contributed by atoms with Crippen LogP contribution in [-0.2, 0) is 6.42 Å². The Balaban J connectivity index is 1.30. The Morgan fingerprint density at radius 1 is 1.04 bits per heavy atom. The lowest BCUT2D eigenvalue weighted by molar-refractivity contribution is 0.0695. The zero-order valence-electron chi connectivity index (χ0n) is 15.5. The maximum absolute atomic E-state index is 12.8. The minimum atomic E-state index is -0.312. The van der Waals surface area contributed by atoms with Crippen LogP contribution in [0.2, 0.25) is 0 Å². The molecule has 5 nitrogen and oxygen atoms in total. The van der Waals surface area contributed by atoms with E-state index >= 15 is 0 Å². The van der Waals surface area contributed by atoms with E-state index in [0.29, 0.717) is 15.8 Å². The smallest absolute Gasteiger partial charge is 0.291 e. The molecule has 0 saturated carbocycles. The molecule has 28 heavy (non-hydrogen) atoms. The first-order valence-corrected chi connectivity index (χ1v) is 10.3. The summed E-state index contributed by atoms with van der Waals surface area (Å²) in [5, 5.41) is 3.41. The number of carbonyl (C=O) groups is 2. The molecule has 0 aliphatic carbocycles. The van der Waals surface area contributed by atoms with Crippen molar-refractivity contribution >= 4 is 28.2 Å². The van der Waals surface area contributed by atoms with Crippen LogP contribution in [0.5, 0.6) is 0 Å². The molecule has 0 unspecified atom stereocenters. The van der Waals surface area contributed by atoms with Crippen molar-refractivity contribution < 1.29 is 14.0 Å². The topological polar surface area (TPSA) is 62.6 Å². The molecule has 1 N–H and O–H groups in total. The predicted octanol–water partition coefficient (Wildman–Crippen LogP) is 4.69. The highest BCUT2D eigenvalue weighted by Gasteiger charge is 2.25. The predicted molar refractivity (Wildman–Crippen MR) is 110 cm³/mol. The van der Waals surface area contributed by atoms with E-state index in [4.69, 9.17) is 4.42 Å². The number of benzene rings is 1. The molecule has 3 heterocycles. The molecule has 1 aliphatic rings. The zero-order valence-corrected chi connectivity index (χ0v) is 16.3. The lowest BCUT2D eigenvalue weighted by Gasteiger charge is -2.31. The summed E-state index contributed by atoms with van der Waals surface area (Å²) in [6, 6.07) is 17.3. The fourth-order valence-corrected chi connectivity index (χ4v) is 4.41. The highest BCUT2D eigenvalue weighted by molar-refractivity contribution is 7.18. The number of carbonyl (C=O) groups excluding carboxylic acids is 2. The molecule has 0 atom stereocenters. The summed E-state index contributed by atoms with van der Waals surface area (Å²) in [7, 11) is 0. The first-order chi connectivity index (χ1) is 13.7. The van der Waals surface area contributed by atoms with Gasteiger partial charge in [0.2, 0.25) is 0 Å². The van der Waals surface area contributed by atoms with Gasteiger partial charge in [-0.25, -0.2) is 0 Å². The Morgan fingerprint density at radius 2 is 1.82 bits per heavy atom. The first-order valence-electron chi connectivity index (χ1n) is 9.47. The van der Waals surface area contributed by atoms with Crippen molar-refractivity contribution in [3.63, 3.8) is 0 Å². The molecule has 4 rings (SSSR count). The minimum absolute atomic E-state index is 0.0432. The molecule has 0 spiro atoms. The van der Waals surface area contributed by atoms with Gasteiger partial charge in [0, 0.05) is 13.1 Å². The number of piperidine rings is 1. The molecule has 0 radical (unpaired) electrons. The van der Waals surface area contributed by atoms with Gasteiger partial charge in [0.25, 0.3) is 11.8 Å². The lowest BCUT2D eigenvalue weighted by atomic mass is 9.90. The quantitative estimate of drug-likeness (QED) is 0.683. The number of likely N-dealkylation sites (tertiary alicyclic amines) is 1. The summed E-state index contributed by atoms with van der Waals surface area (Å²) in [4.78, 5) is 27.4. The molecule has 1 fully saturated rings. The van der Waals surface area contributed by atoms with Crippen LogP contribution in [0.3, 0.4) is 0 Å². The van der Waals surface area contributed by atoms with Crippen LogP contribution >= 0.6 is 11.3 Å². The van der Waals surface area contributed by atoms with E-state index in [1.54, 1.807) is 24.3 Å². The van der Waals surface area contributed by atoms with Gasteiger partial charge in [-0.15, -0.1) is 11.3 Å². The van der Waals surface area contributed by atoms with Gasteiger partial charge in [-0.1, -0.05) is 30.3 Å². The Kier molecular flexibility index (Phi) is 5.58. The Bertz CT molecular complexity index is 926. The highest BCUT2D eigenvalue weighted by Crippen LogP contribution is 2.27. The van der Waals surface area contributed by atoms with Crippen molar-refractivity contribution in [3.8, 4) is 0 Å². The third kappa shape index (κ3) is 4.34. The van der Waals surface area contributed by atoms with E-state index in [9.17, 15) is 9.59 Å². The van der Waals surface area contributed by atoms with Crippen LogP contribution in [0.1, 0.15) is 38.6 Å². The Hall–Kier alpha value is -2.86. The molecule has 3 aromatic rings. The van der Waals surface area contributed by atoms with Crippen LogP contribution in [0.15, 0.2) is 65.3 Å². The van der Waals surface area contributed by atoms with Crippen LogP contribution in [0.25, 0.3) is 0 Å². The molecular formula is C22H22N2O3S. The minimum Gasteiger partial charge on any atom is -0.459 e. The van der Waals surface area contributed by atoms with E-state index < -0.39 is 0 Å². The molecular weight excluding hydrogens is 372 g/mol. The van der Waals surface area contributed by atoms with Crippen molar-refractivity contribution in [1.82, 2.24) is 4.90 Å². The van der Waals surface area contributed by atoms with Crippen molar-refractivity contribution in [2.75, 3.05) is 18.4 Å². The summed E-state index contributed by atoms with van der Waals surface area (Å²) in [6.45, 7) is 1.56. The van der Waals surface area contributed by atoms with E-state index in [0.717, 1.165) is 32.4 Å². The van der Waals surface area contributed by atoms with Gasteiger partial charge >= 0.3 is 0 Å². The van der Waals surface area contributed by atoms with Crippen molar-refractivity contribution in [3.05, 3.63) is 77.1 Å². The van der Waals surface area contributed by atoms with Crippen molar-refractivity contribution in [1.29, 1.82) is 0 Å². The molecule has 2 amide bonds. The van der Waals surface area contributed by atoms with E-state index in [1.807, 2.05) is 11.0 Å². The van der Waals surface area contributed by atoms with Crippen LogP contribution in [0.4, 0.5) is 5.00 Å². The number of hydrogen-bond acceptors (Lipinski definition) is 4. The summed E-state index contributed by atoms with van der Waals surface area (Å²) in [5.74, 6) is 0.605. The molecule has 0 bridgehead atoms. The second-order valence-electron chi connectivity index (χ2n) is 7.02. The second-order valence-corrected chi connectivity index (χ2v) is 8.10. The average molecular weight is 394 g/mol. The van der Waals surface area contributed by atoms with Gasteiger partial charge in [0.15, 0.2) is 5.76 Å². The normalized spacial score (nSPS) is 14.8. The maximum Gasteiger partial charge on any atom is 0.291 e. The number of hydrogen-bond donors (Lipinski definition) is 1. The summed E-state index contributed by atoms with van der Waals surface area (Å²) in [5.41, 5.74) is 1.36. The molecule has 1 saturated heterocycles. The van der Waals surface area contributed by atoms with Gasteiger partial charge in [-0.2, -0.15) is 0 Å². The van der Waals surface area contributed by atoms with E-state index in [2.05, 4.69) is 29.6 Å². The molecule has 144 valence electrons. The highest BCUT2D eigenvalue weighted by atomic mass is 32.1. The summed E-state index contributed by atoms with van der Waals surface area (Å²) < 4.78 is 5.09. The summed E-state index contributed by atoms with van der Waals surface area (Å²) >= 11 is 1.30. The third-order valence-corrected chi connectivity index (χ3v) is 6.06. The van der Waals surface area contributed by atoms with E-state index in [-0.39, 0.29) is 17.6 Å². The van der Waals surface area contributed by atoms with Gasteiger partial charge in [0.1, 0.15) is 0 Å². The SMILES string of the molecule is O=C(Nc1ccc(C(=O)N2CCC(Cc3ccccc3)CC2)s1)c1ccco1. The number of nitrogens with zero attached hydrogens (tertiary/aromatic N) is 1. The third-order valence-electron chi connectivity index (χ3n) is 5.07. The van der Waals surface area contributed by atoms with Gasteiger partial charge in [-0.3, -0.25) is 9.59 Å². The number of thiophene rings is 1. The van der Waals surface area contributed by atoms with Crippen LogP contribution in [-0.4, -0.2) is 29.8 Å². The number of anilines is 1. The van der Waals surface area contributed by atoms with Gasteiger partial charge in [0.05, 0.1) is 16.1 Å². The van der Waals surface area contributed by atoms with Crippen LogP contribution < -0.4 is 5.32 Å².